The number of hydrogen-bond acceptors (Lipinski definition) is 4. The summed E-state index contributed by atoms with van der Waals surface area (Å²) in [5, 5.41) is 0.318. The molecule has 154 valence electrons. The van der Waals surface area contributed by atoms with Crippen LogP contribution in [0.15, 0.2) is 80.4 Å². The van der Waals surface area contributed by atoms with E-state index in [1.54, 1.807) is 67.8 Å². The molecule has 1 unspecified atom stereocenters. The third kappa shape index (κ3) is 3.04. The maximum Gasteiger partial charge on any atom is 0.295 e. The van der Waals surface area contributed by atoms with E-state index in [-0.39, 0.29) is 22.3 Å². The van der Waals surface area contributed by atoms with Crippen LogP contribution >= 0.6 is 15.9 Å². The van der Waals surface area contributed by atoms with Crippen LogP contribution in [0.2, 0.25) is 0 Å². The Morgan fingerprint density at radius 3 is 2.48 bits per heavy atom. The summed E-state index contributed by atoms with van der Waals surface area (Å²) >= 11 is 3.36. The number of ether oxygens (including phenoxy) is 1. The number of anilines is 1. The van der Waals surface area contributed by atoms with Crippen LogP contribution in [0.5, 0.6) is 5.75 Å². The first kappa shape index (κ1) is 19.5. The molecule has 4 aromatic rings. The Hall–Kier alpha value is -3.45. The maximum absolute atomic E-state index is 14.9. The van der Waals surface area contributed by atoms with Crippen molar-refractivity contribution in [3.8, 4) is 5.75 Å². The Labute approximate surface area is 184 Å². The van der Waals surface area contributed by atoms with E-state index in [0.717, 1.165) is 0 Å². The van der Waals surface area contributed by atoms with Crippen molar-refractivity contribution in [1.29, 1.82) is 0 Å². The van der Waals surface area contributed by atoms with Gasteiger partial charge in [-0.05, 0) is 48.5 Å². The lowest BCUT2D eigenvalue weighted by Gasteiger charge is -2.25. The third-order valence-electron chi connectivity index (χ3n) is 5.38. The SMILES string of the molecule is COc1ccc(N2C(=O)c3oc4ccc(Br)cc4c(=O)c3C2c2ccccc2F)cc1. The summed E-state index contributed by atoms with van der Waals surface area (Å²) in [4.78, 5) is 28.3. The summed E-state index contributed by atoms with van der Waals surface area (Å²) in [6.45, 7) is 0. The lowest BCUT2D eigenvalue weighted by Crippen LogP contribution is -2.30. The molecule has 0 fully saturated rings. The second kappa shape index (κ2) is 7.35. The largest absolute Gasteiger partial charge is 0.497 e. The van der Waals surface area contributed by atoms with Crippen molar-refractivity contribution in [3.63, 3.8) is 0 Å². The van der Waals surface area contributed by atoms with Gasteiger partial charge in [0.1, 0.15) is 17.1 Å². The van der Waals surface area contributed by atoms with E-state index in [9.17, 15) is 14.0 Å². The predicted molar refractivity (Wildman–Crippen MR) is 118 cm³/mol. The van der Waals surface area contributed by atoms with Gasteiger partial charge in [-0.2, -0.15) is 0 Å². The number of fused-ring (bicyclic) bond motifs is 2. The molecule has 1 amide bonds. The number of methoxy groups -OCH3 is 1. The molecule has 0 spiro atoms. The molecule has 0 N–H and O–H groups in total. The van der Waals surface area contributed by atoms with Crippen LogP contribution in [0.1, 0.15) is 27.7 Å². The summed E-state index contributed by atoms with van der Waals surface area (Å²) in [6, 6.07) is 16.9. The van der Waals surface area contributed by atoms with Crippen LogP contribution in [0.4, 0.5) is 10.1 Å². The predicted octanol–water partition coefficient (Wildman–Crippen LogP) is 5.45. The molecule has 1 aliphatic heterocycles. The molecule has 0 bridgehead atoms. The molecule has 1 aliphatic rings. The number of nitrogens with zero attached hydrogens (tertiary/aromatic N) is 1. The van der Waals surface area contributed by atoms with E-state index in [2.05, 4.69) is 15.9 Å². The molecule has 1 aromatic heterocycles. The first-order valence-electron chi connectivity index (χ1n) is 9.48. The van der Waals surface area contributed by atoms with Gasteiger partial charge in [0.15, 0.2) is 5.43 Å². The van der Waals surface area contributed by atoms with E-state index in [0.29, 0.717) is 26.9 Å². The molecule has 0 aliphatic carbocycles. The van der Waals surface area contributed by atoms with Crippen LogP contribution < -0.4 is 15.1 Å². The van der Waals surface area contributed by atoms with Gasteiger partial charge in [0, 0.05) is 15.7 Å². The lowest BCUT2D eigenvalue weighted by atomic mass is 9.98. The zero-order chi connectivity index (χ0) is 21.7. The number of amides is 1. The Kier molecular flexibility index (Phi) is 4.63. The van der Waals surface area contributed by atoms with Gasteiger partial charge in [-0.1, -0.05) is 34.1 Å². The summed E-state index contributed by atoms with van der Waals surface area (Å²) in [6.07, 6.45) is 0. The number of rotatable bonds is 3. The van der Waals surface area contributed by atoms with E-state index < -0.39 is 17.8 Å². The molecule has 31 heavy (non-hydrogen) atoms. The molecule has 3 aromatic carbocycles. The Balaban J connectivity index is 1.81. The first-order chi connectivity index (χ1) is 15.0. The average molecular weight is 480 g/mol. The van der Waals surface area contributed by atoms with Gasteiger partial charge in [0.2, 0.25) is 5.76 Å². The summed E-state index contributed by atoms with van der Waals surface area (Å²) < 4.78 is 26.7. The fourth-order valence-corrected chi connectivity index (χ4v) is 4.31. The molecule has 0 saturated heterocycles. The van der Waals surface area contributed by atoms with Gasteiger partial charge in [0.05, 0.1) is 24.1 Å². The zero-order valence-electron chi connectivity index (χ0n) is 16.3. The minimum atomic E-state index is -0.961. The van der Waals surface area contributed by atoms with Gasteiger partial charge in [-0.3, -0.25) is 14.5 Å². The van der Waals surface area contributed by atoms with E-state index >= 15 is 0 Å². The summed E-state index contributed by atoms with van der Waals surface area (Å²) in [5.41, 5.74) is 0.762. The standard InChI is InChI=1S/C24H15BrFNO4/c1-30-15-9-7-14(8-10-15)27-21(16-4-2-3-5-18(16)26)20-22(28)17-12-13(25)6-11-19(17)31-23(20)24(27)29/h2-12,21H,1H3. The van der Waals surface area contributed by atoms with Crippen molar-refractivity contribution >= 4 is 38.5 Å². The van der Waals surface area contributed by atoms with E-state index in [1.165, 1.54) is 11.0 Å². The summed E-state index contributed by atoms with van der Waals surface area (Å²) in [7, 11) is 1.54. The Morgan fingerprint density at radius 1 is 1.03 bits per heavy atom. The molecule has 5 nitrogen and oxygen atoms in total. The minimum absolute atomic E-state index is 0.0797. The van der Waals surface area contributed by atoms with Gasteiger partial charge >= 0.3 is 0 Å². The second-order valence-corrected chi connectivity index (χ2v) is 8.03. The van der Waals surface area contributed by atoms with Crippen molar-refractivity contribution in [2.45, 2.75) is 6.04 Å². The molecule has 1 atom stereocenters. The fourth-order valence-electron chi connectivity index (χ4n) is 3.95. The van der Waals surface area contributed by atoms with Crippen molar-refractivity contribution < 1.29 is 18.3 Å². The molecule has 5 rings (SSSR count). The van der Waals surface area contributed by atoms with Crippen LogP contribution in [0.3, 0.4) is 0 Å². The topological polar surface area (TPSA) is 59.8 Å². The molecular formula is C24H15BrFNO4. The van der Waals surface area contributed by atoms with Gasteiger partial charge in [0.25, 0.3) is 5.91 Å². The lowest BCUT2D eigenvalue weighted by molar-refractivity contribution is 0.0970. The fraction of sp³-hybridized carbons (Fsp3) is 0.0833. The number of halogens is 2. The van der Waals surface area contributed by atoms with Gasteiger partial charge in [-0.25, -0.2) is 4.39 Å². The van der Waals surface area contributed by atoms with Crippen LogP contribution in [0, 0.1) is 5.82 Å². The van der Waals surface area contributed by atoms with Crippen LogP contribution in [-0.2, 0) is 0 Å². The highest BCUT2D eigenvalue weighted by Crippen LogP contribution is 2.42. The van der Waals surface area contributed by atoms with Gasteiger partial charge < -0.3 is 9.15 Å². The Morgan fingerprint density at radius 2 is 1.77 bits per heavy atom. The molecule has 2 heterocycles. The molecule has 0 radical (unpaired) electrons. The first-order valence-corrected chi connectivity index (χ1v) is 10.3. The molecule has 0 saturated carbocycles. The highest BCUT2D eigenvalue weighted by atomic mass is 79.9. The maximum atomic E-state index is 14.9. The highest BCUT2D eigenvalue weighted by molar-refractivity contribution is 9.10. The number of benzene rings is 3. The Bertz CT molecular complexity index is 1400. The monoisotopic (exact) mass is 479 g/mol. The highest BCUT2D eigenvalue weighted by Gasteiger charge is 2.44. The van der Waals surface area contributed by atoms with Crippen LogP contribution in [0.25, 0.3) is 11.0 Å². The van der Waals surface area contributed by atoms with Crippen molar-refractivity contribution in [2.24, 2.45) is 0 Å². The van der Waals surface area contributed by atoms with Crippen molar-refractivity contribution in [1.82, 2.24) is 0 Å². The molecular weight excluding hydrogens is 465 g/mol. The van der Waals surface area contributed by atoms with Gasteiger partial charge in [-0.15, -0.1) is 0 Å². The van der Waals surface area contributed by atoms with E-state index in [1.807, 2.05) is 0 Å². The summed E-state index contributed by atoms with van der Waals surface area (Å²) in [5.74, 6) is -0.486. The molecule has 7 heteroatoms. The normalized spacial score (nSPS) is 15.4. The number of hydrogen-bond donors (Lipinski definition) is 0. The number of carbonyl (C=O) groups is 1. The average Bonchev–Trinajstić information content (AvgIpc) is 3.07. The zero-order valence-corrected chi connectivity index (χ0v) is 17.9. The number of carbonyl (C=O) groups excluding carboxylic acids is 1. The van der Waals surface area contributed by atoms with E-state index in [4.69, 9.17) is 9.15 Å². The third-order valence-corrected chi connectivity index (χ3v) is 5.88. The van der Waals surface area contributed by atoms with Crippen LogP contribution in [-0.4, -0.2) is 13.0 Å². The second-order valence-electron chi connectivity index (χ2n) is 7.11. The quantitative estimate of drug-likeness (QED) is 0.391. The smallest absolute Gasteiger partial charge is 0.295 e. The van der Waals surface area contributed by atoms with Crippen molar-refractivity contribution in [3.05, 3.63) is 104 Å². The van der Waals surface area contributed by atoms with Crippen molar-refractivity contribution in [2.75, 3.05) is 12.0 Å². The minimum Gasteiger partial charge on any atom is -0.497 e.